The molecule has 1 aromatic carbocycles. The molecule has 0 unspecified atom stereocenters. The number of rotatable bonds is 12. The van der Waals surface area contributed by atoms with Crippen LogP contribution >= 0.6 is 11.6 Å². The van der Waals surface area contributed by atoms with E-state index in [-0.39, 0.29) is 0 Å². The van der Waals surface area contributed by atoms with E-state index in [1.54, 1.807) is 25.5 Å². The van der Waals surface area contributed by atoms with Gasteiger partial charge in [-0.3, -0.25) is 4.79 Å². The maximum Gasteiger partial charge on any atom is 0.150 e. The van der Waals surface area contributed by atoms with Gasteiger partial charge in [-0.25, -0.2) is 4.98 Å². The fraction of sp³-hybridized carbons (Fsp3) is 0.455. The SMILES string of the molecule is C=C1C=C(C=O)C=CN1/C(Cl)=C(\CCC)c1ccccc1-c1nc(C)n(C)c1C.CCCCCCCOC.CN. The number of aryl methyl sites for hydroxylation is 1. The summed E-state index contributed by atoms with van der Waals surface area (Å²) in [6.07, 6.45) is 14.5. The van der Waals surface area contributed by atoms with E-state index in [9.17, 15) is 4.79 Å². The molecule has 0 atom stereocenters. The summed E-state index contributed by atoms with van der Waals surface area (Å²) in [5.74, 6) is 0.971. The summed E-state index contributed by atoms with van der Waals surface area (Å²) in [6, 6.07) is 8.23. The molecular formula is C33H49ClN4O2. The average Bonchev–Trinajstić information content (AvgIpc) is 3.23. The fourth-order valence-corrected chi connectivity index (χ4v) is 4.71. The largest absolute Gasteiger partial charge is 0.385 e. The number of aromatic nitrogens is 2. The Balaban J connectivity index is 0.000000621. The van der Waals surface area contributed by atoms with Crippen LogP contribution in [0.1, 0.15) is 75.9 Å². The molecule has 0 radical (unpaired) electrons. The van der Waals surface area contributed by atoms with Crippen molar-refractivity contribution in [1.29, 1.82) is 0 Å². The van der Waals surface area contributed by atoms with Crippen molar-refractivity contribution in [1.82, 2.24) is 14.5 Å². The first-order valence-corrected chi connectivity index (χ1v) is 14.6. The molecule has 0 fully saturated rings. The van der Waals surface area contributed by atoms with Crippen LogP contribution in [-0.4, -0.2) is 41.5 Å². The first kappa shape index (κ1) is 35.1. The smallest absolute Gasteiger partial charge is 0.150 e. The Kier molecular flexibility index (Phi) is 16.8. The highest BCUT2D eigenvalue weighted by Crippen LogP contribution is 2.38. The number of ether oxygens (including phenoxy) is 1. The zero-order valence-corrected chi connectivity index (χ0v) is 26.4. The summed E-state index contributed by atoms with van der Waals surface area (Å²) in [5.41, 5.74) is 11.0. The number of benzene rings is 1. The van der Waals surface area contributed by atoms with Crippen LogP contribution in [0.2, 0.25) is 0 Å². The standard InChI is InChI=1S/C24H26ClN3O.C8H18O.CH5N/c1-6-9-22(24(25)28-13-12-19(15-29)14-16(28)2)20-10-7-8-11-21(20)23-17(3)27(5)18(4)26-23;1-3-4-5-6-7-8-9-2;1-2/h7-8,10-15H,2,6,9H2,1,3-5H3;3-8H2,1-2H3;2H2,1H3/b24-22+;;. The molecule has 7 heteroatoms. The first-order valence-electron chi connectivity index (χ1n) is 14.2. The summed E-state index contributed by atoms with van der Waals surface area (Å²) >= 11 is 6.91. The van der Waals surface area contributed by atoms with Gasteiger partial charge in [0, 0.05) is 49.5 Å². The predicted octanol–water partition coefficient (Wildman–Crippen LogP) is 8.06. The molecule has 0 bridgehead atoms. The number of imidazole rings is 1. The molecule has 2 N–H and O–H groups in total. The van der Waals surface area contributed by atoms with Crippen molar-refractivity contribution in [2.24, 2.45) is 12.8 Å². The lowest BCUT2D eigenvalue weighted by atomic mass is 9.94. The number of unbranched alkanes of at least 4 members (excludes halogenated alkanes) is 4. The normalized spacial score (nSPS) is 13.1. The van der Waals surface area contributed by atoms with E-state index in [2.05, 4.69) is 49.8 Å². The number of hydrogen-bond donors (Lipinski definition) is 1. The molecule has 0 aliphatic carbocycles. The molecule has 2 heterocycles. The molecule has 220 valence electrons. The van der Waals surface area contributed by atoms with Gasteiger partial charge in [0.2, 0.25) is 0 Å². The maximum atomic E-state index is 11.1. The second-order valence-electron chi connectivity index (χ2n) is 9.56. The molecule has 0 spiro atoms. The lowest BCUT2D eigenvalue weighted by Crippen LogP contribution is -2.16. The summed E-state index contributed by atoms with van der Waals surface area (Å²) in [6.45, 7) is 13.5. The van der Waals surface area contributed by atoms with Gasteiger partial charge in [0.05, 0.1) is 5.69 Å². The van der Waals surface area contributed by atoms with Gasteiger partial charge in [-0.05, 0) is 57.0 Å². The highest BCUT2D eigenvalue weighted by molar-refractivity contribution is 6.32. The Morgan fingerprint density at radius 1 is 1.10 bits per heavy atom. The molecular weight excluding hydrogens is 520 g/mol. The quantitative estimate of drug-likeness (QED) is 0.159. The van der Waals surface area contributed by atoms with Gasteiger partial charge in [0.1, 0.15) is 17.3 Å². The van der Waals surface area contributed by atoms with Gasteiger partial charge >= 0.3 is 0 Å². The number of hydrogen-bond acceptors (Lipinski definition) is 5. The van der Waals surface area contributed by atoms with Crippen LogP contribution in [-0.2, 0) is 16.6 Å². The van der Waals surface area contributed by atoms with Crippen molar-refractivity contribution in [3.05, 3.63) is 82.7 Å². The van der Waals surface area contributed by atoms with Gasteiger partial charge in [-0.1, -0.05) is 88.4 Å². The topological polar surface area (TPSA) is 73.4 Å². The molecule has 3 rings (SSSR count). The third kappa shape index (κ3) is 9.92. The monoisotopic (exact) mass is 568 g/mol. The Labute approximate surface area is 247 Å². The second-order valence-corrected chi connectivity index (χ2v) is 9.92. The lowest BCUT2D eigenvalue weighted by Gasteiger charge is -2.26. The summed E-state index contributed by atoms with van der Waals surface area (Å²) in [4.78, 5) is 17.7. The zero-order chi connectivity index (χ0) is 30.1. The van der Waals surface area contributed by atoms with E-state index >= 15 is 0 Å². The molecule has 1 aromatic heterocycles. The van der Waals surface area contributed by atoms with Crippen LogP contribution in [0.3, 0.4) is 0 Å². The van der Waals surface area contributed by atoms with E-state index in [1.807, 2.05) is 31.0 Å². The van der Waals surface area contributed by atoms with E-state index < -0.39 is 0 Å². The minimum atomic E-state index is 0.577. The Bertz CT molecular complexity index is 1170. The minimum Gasteiger partial charge on any atom is -0.385 e. The number of nitrogens with two attached hydrogens (primary N) is 1. The van der Waals surface area contributed by atoms with Crippen LogP contribution in [0.4, 0.5) is 0 Å². The second kappa shape index (κ2) is 19.2. The number of carbonyl (C=O) groups excluding carboxylic acids is 1. The van der Waals surface area contributed by atoms with Crippen molar-refractivity contribution < 1.29 is 9.53 Å². The molecule has 1 aliphatic heterocycles. The lowest BCUT2D eigenvalue weighted by molar-refractivity contribution is -0.104. The van der Waals surface area contributed by atoms with Crippen LogP contribution in [0.5, 0.6) is 0 Å². The van der Waals surface area contributed by atoms with Crippen molar-refractivity contribution in [2.75, 3.05) is 20.8 Å². The van der Waals surface area contributed by atoms with Gasteiger partial charge < -0.3 is 19.9 Å². The highest BCUT2D eigenvalue weighted by Gasteiger charge is 2.21. The van der Waals surface area contributed by atoms with Gasteiger partial charge in [0.25, 0.3) is 0 Å². The van der Waals surface area contributed by atoms with Crippen molar-refractivity contribution in [3.63, 3.8) is 0 Å². The van der Waals surface area contributed by atoms with Crippen molar-refractivity contribution in [3.8, 4) is 11.3 Å². The fourth-order valence-electron chi connectivity index (χ4n) is 4.35. The summed E-state index contributed by atoms with van der Waals surface area (Å²) < 4.78 is 7.02. The third-order valence-corrected chi connectivity index (χ3v) is 7.13. The highest BCUT2D eigenvalue weighted by atomic mass is 35.5. The molecule has 0 saturated heterocycles. The van der Waals surface area contributed by atoms with Crippen LogP contribution in [0.25, 0.3) is 16.8 Å². The summed E-state index contributed by atoms with van der Waals surface area (Å²) in [7, 11) is 5.29. The Morgan fingerprint density at radius 2 is 1.77 bits per heavy atom. The van der Waals surface area contributed by atoms with Gasteiger partial charge in [-0.2, -0.15) is 0 Å². The number of aldehydes is 1. The maximum absolute atomic E-state index is 11.1. The van der Waals surface area contributed by atoms with E-state index in [0.29, 0.717) is 16.4 Å². The van der Waals surface area contributed by atoms with E-state index in [0.717, 1.165) is 59.6 Å². The van der Waals surface area contributed by atoms with Crippen molar-refractivity contribution in [2.45, 2.75) is 72.6 Å². The van der Waals surface area contributed by atoms with Crippen LogP contribution in [0, 0.1) is 13.8 Å². The number of carbonyl (C=O) groups is 1. The molecule has 40 heavy (non-hydrogen) atoms. The Hall–Kier alpha value is -2.93. The van der Waals surface area contributed by atoms with Crippen molar-refractivity contribution >= 4 is 23.5 Å². The molecule has 0 saturated carbocycles. The average molecular weight is 569 g/mol. The van der Waals surface area contributed by atoms with Crippen LogP contribution in [0.15, 0.2) is 65.6 Å². The third-order valence-electron chi connectivity index (χ3n) is 6.72. The number of allylic oxidation sites excluding steroid dienone is 4. The minimum absolute atomic E-state index is 0.577. The number of nitrogens with zero attached hydrogens (tertiary/aromatic N) is 3. The predicted molar refractivity (Wildman–Crippen MR) is 171 cm³/mol. The molecule has 6 nitrogen and oxygen atoms in total. The van der Waals surface area contributed by atoms with E-state index in [1.165, 1.54) is 39.2 Å². The first-order chi connectivity index (χ1) is 19.3. The molecule has 1 aliphatic rings. The van der Waals surface area contributed by atoms with E-state index in [4.69, 9.17) is 21.3 Å². The zero-order valence-electron chi connectivity index (χ0n) is 25.6. The van der Waals surface area contributed by atoms with Gasteiger partial charge in [-0.15, -0.1) is 0 Å². The number of methoxy groups -OCH3 is 1. The summed E-state index contributed by atoms with van der Waals surface area (Å²) in [5, 5.41) is 0.590. The Morgan fingerprint density at radius 3 is 2.33 bits per heavy atom. The molecule has 2 aromatic rings. The van der Waals surface area contributed by atoms with Crippen LogP contribution < -0.4 is 5.73 Å². The van der Waals surface area contributed by atoms with Gasteiger partial charge in [0.15, 0.2) is 0 Å². The number of halogens is 1. The molecule has 0 amide bonds.